The number of carbonyl (C=O) groups excluding carboxylic acids is 2. The molecular formula is C29H25BrN2O4. The van der Waals surface area contributed by atoms with Crippen molar-refractivity contribution in [3.05, 3.63) is 99.0 Å². The SMILES string of the molecule is COc1ccc(/C(O)=C2/C(=O)C(=O)N(c3ccc(C#N)cc3)C2c2ccc(C(C)(C)C)cc2)cc1Br. The van der Waals surface area contributed by atoms with E-state index in [1.54, 1.807) is 42.5 Å². The highest BCUT2D eigenvalue weighted by atomic mass is 79.9. The summed E-state index contributed by atoms with van der Waals surface area (Å²) in [4.78, 5) is 28.0. The van der Waals surface area contributed by atoms with Crippen LogP contribution < -0.4 is 9.64 Å². The van der Waals surface area contributed by atoms with Crippen LogP contribution in [-0.4, -0.2) is 23.9 Å². The number of aliphatic hydroxyl groups excluding tert-OH is 1. The van der Waals surface area contributed by atoms with E-state index < -0.39 is 17.7 Å². The molecule has 1 saturated heterocycles. The van der Waals surface area contributed by atoms with Crippen LogP contribution in [0.2, 0.25) is 0 Å². The molecule has 1 heterocycles. The van der Waals surface area contributed by atoms with Gasteiger partial charge in [-0.25, -0.2) is 0 Å². The molecule has 1 aliphatic rings. The van der Waals surface area contributed by atoms with E-state index in [0.29, 0.717) is 32.6 Å². The maximum absolute atomic E-state index is 13.3. The molecule has 1 unspecified atom stereocenters. The Labute approximate surface area is 218 Å². The Hall–Kier alpha value is -3.89. The summed E-state index contributed by atoms with van der Waals surface area (Å²) < 4.78 is 5.87. The number of halogens is 1. The molecular weight excluding hydrogens is 520 g/mol. The molecule has 0 bridgehead atoms. The van der Waals surface area contributed by atoms with Gasteiger partial charge in [-0.15, -0.1) is 0 Å². The summed E-state index contributed by atoms with van der Waals surface area (Å²) in [6.45, 7) is 6.31. The highest BCUT2D eigenvalue weighted by Crippen LogP contribution is 2.43. The van der Waals surface area contributed by atoms with Crippen molar-refractivity contribution in [3.63, 3.8) is 0 Å². The number of amides is 1. The van der Waals surface area contributed by atoms with Crippen molar-refractivity contribution in [2.75, 3.05) is 12.0 Å². The standard InChI is InChI=1S/C29H25BrN2O4/c1-29(2,3)20-10-7-18(8-11-20)25-24(26(33)19-9-14-23(36-4)22(30)15-19)27(34)28(35)32(25)21-12-5-17(16-31)6-13-21/h5-15,25,33H,1-4H3/b26-24-. The molecule has 36 heavy (non-hydrogen) atoms. The maximum Gasteiger partial charge on any atom is 0.300 e. The number of nitrogens with zero attached hydrogens (tertiary/aromatic N) is 2. The van der Waals surface area contributed by atoms with Crippen LogP contribution in [0.15, 0.2) is 76.8 Å². The average Bonchev–Trinajstić information content (AvgIpc) is 3.13. The van der Waals surface area contributed by atoms with E-state index in [-0.39, 0.29) is 16.7 Å². The number of hydrogen-bond donors (Lipinski definition) is 1. The van der Waals surface area contributed by atoms with Gasteiger partial charge in [0, 0.05) is 11.3 Å². The first-order chi connectivity index (χ1) is 17.1. The average molecular weight is 545 g/mol. The lowest BCUT2D eigenvalue weighted by atomic mass is 9.85. The second-order valence-electron chi connectivity index (χ2n) is 9.55. The minimum Gasteiger partial charge on any atom is -0.507 e. The summed E-state index contributed by atoms with van der Waals surface area (Å²) in [6, 6.07) is 20.3. The fraction of sp³-hybridized carbons (Fsp3) is 0.207. The van der Waals surface area contributed by atoms with E-state index in [0.717, 1.165) is 5.56 Å². The molecule has 3 aromatic carbocycles. The second kappa shape index (κ2) is 9.63. The van der Waals surface area contributed by atoms with E-state index in [9.17, 15) is 20.0 Å². The van der Waals surface area contributed by atoms with Crippen molar-refractivity contribution in [2.24, 2.45) is 0 Å². The van der Waals surface area contributed by atoms with Crippen molar-refractivity contribution >= 4 is 39.1 Å². The number of anilines is 1. The second-order valence-corrected chi connectivity index (χ2v) is 10.4. The zero-order valence-electron chi connectivity index (χ0n) is 20.4. The Kier molecular flexibility index (Phi) is 6.75. The Bertz CT molecular complexity index is 1410. The number of benzene rings is 3. The van der Waals surface area contributed by atoms with Gasteiger partial charge in [0.15, 0.2) is 0 Å². The van der Waals surface area contributed by atoms with Crippen LogP contribution in [0.3, 0.4) is 0 Å². The Morgan fingerprint density at radius 3 is 2.19 bits per heavy atom. The molecule has 0 radical (unpaired) electrons. The maximum atomic E-state index is 13.3. The minimum atomic E-state index is -0.854. The first kappa shape index (κ1) is 25.2. The Morgan fingerprint density at radius 2 is 1.67 bits per heavy atom. The van der Waals surface area contributed by atoms with Crippen LogP contribution in [0.4, 0.5) is 5.69 Å². The zero-order valence-corrected chi connectivity index (χ0v) is 22.0. The van der Waals surface area contributed by atoms with Gasteiger partial charge >= 0.3 is 0 Å². The number of rotatable bonds is 4. The molecule has 1 amide bonds. The molecule has 4 rings (SSSR count). The third kappa shape index (κ3) is 4.52. The van der Waals surface area contributed by atoms with Crippen molar-refractivity contribution in [3.8, 4) is 11.8 Å². The highest BCUT2D eigenvalue weighted by molar-refractivity contribution is 9.10. The number of ether oxygens (including phenoxy) is 1. The minimum absolute atomic E-state index is 0.00932. The molecule has 0 aromatic heterocycles. The monoisotopic (exact) mass is 544 g/mol. The van der Waals surface area contributed by atoms with Gasteiger partial charge in [0.2, 0.25) is 0 Å². The van der Waals surface area contributed by atoms with Crippen molar-refractivity contribution in [1.82, 2.24) is 0 Å². The zero-order chi connectivity index (χ0) is 26.2. The van der Waals surface area contributed by atoms with E-state index in [2.05, 4.69) is 42.8 Å². The van der Waals surface area contributed by atoms with Gasteiger partial charge in [0.05, 0.1) is 34.8 Å². The lowest BCUT2D eigenvalue weighted by molar-refractivity contribution is -0.132. The lowest BCUT2D eigenvalue weighted by Gasteiger charge is -2.26. The number of carbonyl (C=O) groups is 2. The third-order valence-electron chi connectivity index (χ3n) is 6.24. The quantitative estimate of drug-likeness (QED) is 0.238. The molecule has 1 N–H and O–H groups in total. The fourth-order valence-corrected chi connectivity index (χ4v) is 4.79. The molecule has 0 spiro atoms. The summed E-state index contributed by atoms with van der Waals surface area (Å²) in [5.74, 6) is -1.25. The van der Waals surface area contributed by atoms with Gasteiger partial charge in [-0.05, 0) is 74.9 Å². The summed E-state index contributed by atoms with van der Waals surface area (Å²) in [7, 11) is 1.53. The fourth-order valence-electron chi connectivity index (χ4n) is 4.25. The van der Waals surface area contributed by atoms with Gasteiger partial charge in [-0.3, -0.25) is 14.5 Å². The Balaban J connectivity index is 1.92. The summed E-state index contributed by atoms with van der Waals surface area (Å²) >= 11 is 3.41. The van der Waals surface area contributed by atoms with Gasteiger partial charge < -0.3 is 9.84 Å². The Morgan fingerprint density at radius 1 is 1.03 bits per heavy atom. The first-order valence-corrected chi connectivity index (χ1v) is 12.1. The first-order valence-electron chi connectivity index (χ1n) is 11.3. The third-order valence-corrected chi connectivity index (χ3v) is 6.86. The molecule has 1 aliphatic heterocycles. The topological polar surface area (TPSA) is 90.6 Å². The van der Waals surface area contributed by atoms with Crippen molar-refractivity contribution in [1.29, 1.82) is 5.26 Å². The summed E-state index contributed by atoms with van der Waals surface area (Å²) in [5, 5.41) is 20.5. The molecule has 3 aromatic rings. The van der Waals surface area contributed by atoms with E-state index in [1.165, 1.54) is 12.0 Å². The van der Waals surface area contributed by atoms with Crippen LogP contribution in [0.5, 0.6) is 5.75 Å². The van der Waals surface area contributed by atoms with Crippen LogP contribution in [0.25, 0.3) is 5.76 Å². The molecule has 1 atom stereocenters. The van der Waals surface area contributed by atoms with E-state index >= 15 is 0 Å². The number of hydrogen-bond acceptors (Lipinski definition) is 5. The molecule has 6 nitrogen and oxygen atoms in total. The number of nitriles is 1. The van der Waals surface area contributed by atoms with Gasteiger partial charge in [0.1, 0.15) is 11.5 Å². The molecule has 1 fully saturated rings. The van der Waals surface area contributed by atoms with Crippen molar-refractivity contribution in [2.45, 2.75) is 32.2 Å². The summed E-state index contributed by atoms with van der Waals surface area (Å²) in [5.41, 5.74) is 2.95. The molecule has 0 saturated carbocycles. The number of methoxy groups -OCH3 is 1. The smallest absolute Gasteiger partial charge is 0.300 e. The molecule has 182 valence electrons. The number of aliphatic hydroxyl groups is 1. The van der Waals surface area contributed by atoms with Gasteiger partial charge in [0.25, 0.3) is 11.7 Å². The van der Waals surface area contributed by atoms with Gasteiger partial charge in [-0.2, -0.15) is 5.26 Å². The van der Waals surface area contributed by atoms with Crippen LogP contribution in [0.1, 0.15) is 49.1 Å². The highest BCUT2D eigenvalue weighted by Gasteiger charge is 2.47. The molecule has 7 heteroatoms. The predicted octanol–water partition coefficient (Wildman–Crippen LogP) is 6.25. The van der Waals surface area contributed by atoms with Gasteiger partial charge in [-0.1, -0.05) is 45.0 Å². The molecule has 0 aliphatic carbocycles. The van der Waals surface area contributed by atoms with E-state index in [1.807, 2.05) is 24.3 Å². The largest absolute Gasteiger partial charge is 0.507 e. The summed E-state index contributed by atoms with van der Waals surface area (Å²) in [6.07, 6.45) is 0. The number of Topliss-reactive ketones (excluding diaryl/α,β-unsaturated/α-hetero) is 1. The van der Waals surface area contributed by atoms with Crippen LogP contribution >= 0.6 is 15.9 Å². The van der Waals surface area contributed by atoms with Crippen LogP contribution in [0, 0.1) is 11.3 Å². The number of ketones is 1. The van der Waals surface area contributed by atoms with Crippen LogP contribution in [-0.2, 0) is 15.0 Å². The van der Waals surface area contributed by atoms with E-state index in [4.69, 9.17) is 4.74 Å². The lowest BCUT2D eigenvalue weighted by Crippen LogP contribution is -2.29. The van der Waals surface area contributed by atoms with Crippen molar-refractivity contribution < 1.29 is 19.4 Å². The normalized spacial score (nSPS) is 17.2. The predicted molar refractivity (Wildman–Crippen MR) is 142 cm³/mol.